The maximum atomic E-state index is 12.2. The highest BCUT2D eigenvalue weighted by molar-refractivity contribution is 9.10. The molecule has 0 aliphatic rings. The fourth-order valence-electron chi connectivity index (χ4n) is 1.51. The summed E-state index contributed by atoms with van der Waals surface area (Å²) in [5.74, 6) is -1.98. The van der Waals surface area contributed by atoms with E-state index in [-0.39, 0.29) is 17.7 Å². The molecule has 1 aromatic rings. The number of benzene rings is 1. The Bertz CT molecular complexity index is 630. The Balaban J connectivity index is 2.90. The molecular weight excluding hydrogens is 366 g/mol. The number of hydrogen-bond donors (Lipinski definition) is 2. The lowest BCUT2D eigenvalue weighted by atomic mass is 10.2. The van der Waals surface area contributed by atoms with Gasteiger partial charge in [0.15, 0.2) is 0 Å². The van der Waals surface area contributed by atoms with Gasteiger partial charge in [-0.05, 0) is 34.5 Å². The van der Waals surface area contributed by atoms with Gasteiger partial charge in [-0.25, -0.2) is 8.42 Å². The van der Waals surface area contributed by atoms with Crippen molar-refractivity contribution in [2.45, 2.75) is 23.8 Å². The summed E-state index contributed by atoms with van der Waals surface area (Å²) in [7, 11) is -2.85. The minimum absolute atomic E-state index is 0.0747. The number of aliphatic carboxylic acids is 1. The molecule has 0 unspecified atom stereocenters. The van der Waals surface area contributed by atoms with Crippen molar-refractivity contribution >= 4 is 37.9 Å². The minimum Gasteiger partial charge on any atom is -0.480 e. The average molecular weight is 380 g/mol. The first kappa shape index (κ1) is 17.6. The molecule has 0 radical (unpaired) electrons. The fourth-order valence-corrected chi connectivity index (χ4v) is 3.74. The van der Waals surface area contributed by atoms with Gasteiger partial charge in [0, 0.05) is 10.9 Å². The molecule has 21 heavy (non-hydrogen) atoms. The van der Waals surface area contributed by atoms with Crippen LogP contribution in [0.2, 0.25) is 0 Å². The second kappa shape index (κ2) is 7.53. The van der Waals surface area contributed by atoms with Crippen LogP contribution < -0.4 is 4.72 Å². The zero-order valence-electron chi connectivity index (χ0n) is 11.1. The van der Waals surface area contributed by atoms with E-state index in [1.807, 2.05) is 0 Å². The molecule has 2 N–H and O–H groups in total. The highest BCUT2D eigenvalue weighted by atomic mass is 79.9. The van der Waals surface area contributed by atoms with E-state index in [9.17, 15) is 18.0 Å². The van der Waals surface area contributed by atoms with Crippen LogP contribution in [-0.4, -0.2) is 38.6 Å². The molecule has 0 fully saturated rings. The Kier molecular flexibility index (Phi) is 6.31. The van der Waals surface area contributed by atoms with Gasteiger partial charge in [-0.15, -0.1) is 0 Å². The van der Waals surface area contributed by atoms with Crippen LogP contribution in [0, 0.1) is 0 Å². The number of ether oxygens (including phenoxy) is 1. The number of nitrogens with one attached hydrogen (secondary N) is 1. The Labute approximate surface area is 130 Å². The number of carboxylic acids is 1. The van der Waals surface area contributed by atoms with Crippen LogP contribution in [0.5, 0.6) is 0 Å². The Morgan fingerprint density at radius 2 is 2.00 bits per heavy atom. The number of carbonyl (C=O) groups excluding carboxylic acids is 1. The Morgan fingerprint density at radius 3 is 2.52 bits per heavy atom. The maximum Gasteiger partial charge on any atom is 0.321 e. The van der Waals surface area contributed by atoms with Gasteiger partial charge < -0.3 is 9.84 Å². The van der Waals surface area contributed by atoms with Crippen molar-refractivity contribution < 1.29 is 27.9 Å². The molecule has 0 saturated heterocycles. The number of halogens is 1. The number of carboxylic acid groups (broad SMARTS) is 1. The number of hydrogen-bond acceptors (Lipinski definition) is 5. The number of rotatable bonds is 7. The molecule has 0 bridgehead atoms. The number of carbonyl (C=O) groups is 2. The SMILES string of the molecule is COC(=O)CC[C@H](NS(=O)(=O)c1ccccc1Br)C(=O)O. The molecule has 0 aromatic heterocycles. The van der Waals surface area contributed by atoms with Crippen molar-refractivity contribution in [3.05, 3.63) is 28.7 Å². The number of methoxy groups -OCH3 is 1. The van der Waals surface area contributed by atoms with Gasteiger partial charge in [0.2, 0.25) is 10.0 Å². The Morgan fingerprint density at radius 1 is 1.38 bits per heavy atom. The lowest BCUT2D eigenvalue weighted by molar-refractivity contribution is -0.142. The predicted octanol–water partition coefficient (Wildman–Crippen LogP) is 1.13. The smallest absolute Gasteiger partial charge is 0.321 e. The van der Waals surface area contributed by atoms with Crippen LogP contribution >= 0.6 is 15.9 Å². The lowest BCUT2D eigenvalue weighted by Crippen LogP contribution is -2.41. The summed E-state index contributed by atoms with van der Waals surface area (Å²) in [6.07, 6.45) is -0.405. The van der Waals surface area contributed by atoms with E-state index in [4.69, 9.17) is 5.11 Å². The second-order valence-corrected chi connectivity index (χ2v) is 6.59. The van der Waals surface area contributed by atoms with Crippen molar-refractivity contribution in [2.75, 3.05) is 7.11 Å². The fraction of sp³-hybridized carbons (Fsp3) is 0.333. The molecule has 9 heteroatoms. The van der Waals surface area contributed by atoms with E-state index in [1.165, 1.54) is 25.3 Å². The standard InChI is InChI=1S/C12H14BrNO6S/c1-20-11(15)7-6-9(12(16)17)14-21(18,19)10-5-3-2-4-8(10)13/h2-5,9,14H,6-7H2,1H3,(H,16,17)/t9-/m0/s1. The predicted molar refractivity (Wildman–Crippen MR) is 77.1 cm³/mol. The number of sulfonamides is 1. The van der Waals surface area contributed by atoms with E-state index >= 15 is 0 Å². The van der Waals surface area contributed by atoms with E-state index in [1.54, 1.807) is 6.07 Å². The van der Waals surface area contributed by atoms with Gasteiger partial charge in [0.05, 0.1) is 12.0 Å². The zero-order chi connectivity index (χ0) is 16.0. The van der Waals surface area contributed by atoms with Gasteiger partial charge in [0.25, 0.3) is 0 Å². The third-order valence-corrected chi connectivity index (χ3v) is 5.07. The van der Waals surface area contributed by atoms with Crippen LogP contribution in [0.1, 0.15) is 12.8 Å². The quantitative estimate of drug-likeness (QED) is 0.687. The second-order valence-electron chi connectivity index (χ2n) is 4.06. The molecule has 0 aliphatic carbocycles. The first-order valence-electron chi connectivity index (χ1n) is 5.84. The van der Waals surface area contributed by atoms with Gasteiger partial charge in [-0.3, -0.25) is 9.59 Å². The van der Waals surface area contributed by atoms with Crippen LogP contribution in [0.4, 0.5) is 0 Å². The summed E-state index contributed by atoms with van der Waals surface area (Å²) >= 11 is 3.09. The largest absolute Gasteiger partial charge is 0.480 e. The van der Waals surface area contributed by atoms with Gasteiger partial charge >= 0.3 is 11.9 Å². The van der Waals surface area contributed by atoms with Crippen LogP contribution in [-0.2, 0) is 24.3 Å². The van der Waals surface area contributed by atoms with Crippen molar-refractivity contribution in [1.82, 2.24) is 4.72 Å². The van der Waals surface area contributed by atoms with E-state index in [0.29, 0.717) is 4.47 Å². The van der Waals surface area contributed by atoms with Crippen molar-refractivity contribution in [3.63, 3.8) is 0 Å². The van der Waals surface area contributed by atoms with Crippen LogP contribution in [0.25, 0.3) is 0 Å². The zero-order valence-corrected chi connectivity index (χ0v) is 13.5. The lowest BCUT2D eigenvalue weighted by Gasteiger charge is -2.15. The molecule has 0 heterocycles. The summed E-state index contributed by atoms with van der Waals surface area (Å²) < 4.78 is 31.1. The van der Waals surface area contributed by atoms with Gasteiger partial charge in [0.1, 0.15) is 6.04 Å². The molecular formula is C12H14BrNO6S. The molecule has 116 valence electrons. The summed E-state index contributed by atoms with van der Waals surface area (Å²) in [6.45, 7) is 0. The summed E-state index contributed by atoms with van der Waals surface area (Å²) in [5.41, 5.74) is 0. The summed E-state index contributed by atoms with van der Waals surface area (Å²) in [6, 6.07) is 4.60. The molecule has 1 aromatic carbocycles. The highest BCUT2D eigenvalue weighted by Crippen LogP contribution is 2.21. The molecule has 7 nitrogen and oxygen atoms in total. The molecule has 0 spiro atoms. The normalized spacial score (nSPS) is 12.7. The minimum atomic E-state index is -4.02. The molecule has 0 saturated carbocycles. The molecule has 1 rings (SSSR count). The molecule has 0 amide bonds. The summed E-state index contributed by atoms with van der Waals surface area (Å²) in [4.78, 5) is 22.1. The van der Waals surface area contributed by atoms with Crippen molar-refractivity contribution in [3.8, 4) is 0 Å². The van der Waals surface area contributed by atoms with Crippen LogP contribution in [0.3, 0.4) is 0 Å². The van der Waals surface area contributed by atoms with Gasteiger partial charge in [-0.1, -0.05) is 12.1 Å². The molecule has 0 aliphatic heterocycles. The van der Waals surface area contributed by atoms with Crippen LogP contribution in [0.15, 0.2) is 33.6 Å². The van der Waals surface area contributed by atoms with Gasteiger partial charge in [-0.2, -0.15) is 4.72 Å². The third-order valence-electron chi connectivity index (χ3n) is 2.59. The summed E-state index contributed by atoms with van der Waals surface area (Å²) in [5, 5.41) is 9.05. The Hall–Kier alpha value is -1.45. The van der Waals surface area contributed by atoms with Crippen molar-refractivity contribution in [2.24, 2.45) is 0 Å². The maximum absolute atomic E-state index is 12.2. The van der Waals surface area contributed by atoms with E-state index in [2.05, 4.69) is 25.4 Å². The number of esters is 1. The molecule has 1 atom stereocenters. The third kappa shape index (κ3) is 5.10. The topological polar surface area (TPSA) is 110 Å². The monoisotopic (exact) mass is 379 g/mol. The average Bonchev–Trinajstić information content (AvgIpc) is 2.42. The first-order valence-corrected chi connectivity index (χ1v) is 8.12. The highest BCUT2D eigenvalue weighted by Gasteiger charge is 2.27. The van der Waals surface area contributed by atoms with E-state index < -0.39 is 28.0 Å². The first-order chi connectivity index (χ1) is 9.77. The van der Waals surface area contributed by atoms with E-state index in [0.717, 1.165) is 0 Å². The van der Waals surface area contributed by atoms with Crippen molar-refractivity contribution in [1.29, 1.82) is 0 Å².